The minimum atomic E-state index is -0.136. The van der Waals surface area contributed by atoms with Crippen LogP contribution < -0.4 is 15.1 Å². The second kappa shape index (κ2) is 6.85. The molecule has 0 spiro atoms. The van der Waals surface area contributed by atoms with Gasteiger partial charge in [0, 0.05) is 11.5 Å². The Bertz CT molecular complexity index is 1050. The van der Waals surface area contributed by atoms with Gasteiger partial charge in [0.25, 0.3) is 5.91 Å². The van der Waals surface area contributed by atoms with Crippen molar-refractivity contribution in [2.45, 2.75) is 5.92 Å². The molecule has 0 saturated carbocycles. The first-order valence-corrected chi connectivity index (χ1v) is 9.31. The highest BCUT2D eigenvalue weighted by Crippen LogP contribution is 2.35. The van der Waals surface area contributed by atoms with E-state index in [9.17, 15) is 4.79 Å². The summed E-state index contributed by atoms with van der Waals surface area (Å²) in [5.41, 5.74) is 4.95. The molecule has 5 heteroatoms. The van der Waals surface area contributed by atoms with Crippen molar-refractivity contribution in [1.82, 2.24) is 0 Å². The van der Waals surface area contributed by atoms with Crippen molar-refractivity contribution in [1.29, 1.82) is 0 Å². The minimum Gasteiger partial charge on any atom is -0.482 e. The second-order valence-corrected chi connectivity index (χ2v) is 6.91. The van der Waals surface area contributed by atoms with Crippen molar-refractivity contribution in [2.24, 2.45) is 5.10 Å². The average Bonchev–Trinajstić information content (AvgIpc) is 3.20. The Balaban J connectivity index is 1.57. The smallest absolute Gasteiger partial charge is 0.262 e. The summed E-state index contributed by atoms with van der Waals surface area (Å²) in [6.07, 6.45) is 0. The molecule has 1 amide bonds. The van der Waals surface area contributed by atoms with Crippen molar-refractivity contribution in [3.05, 3.63) is 90.0 Å². The van der Waals surface area contributed by atoms with E-state index in [-0.39, 0.29) is 18.4 Å². The molecule has 0 bridgehead atoms. The molecule has 1 N–H and O–H groups in total. The SMILES string of the molecule is O=C1COc2ccc(C3=NN(c4ccccc4)CC3c3ccccc3)cc2N1. The van der Waals surface area contributed by atoms with Gasteiger partial charge in [0.1, 0.15) is 5.75 Å². The van der Waals surface area contributed by atoms with Crippen LogP contribution in [0.2, 0.25) is 0 Å². The average molecular weight is 369 g/mol. The van der Waals surface area contributed by atoms with Gasteiger partial charge in [-0.1, -0.05) is 48.5 Å². The highest BCUT2D eigenvalue weighted by molar-refractivity contribution is 6.09. The maximum atomic E-state index is 11.7. The number of fused-ring (bicyclic) bond motifs is 1. The van der Waals surface area contributed by atoms with Gasteiger partial charge in [0.2, 0.25) is 0 Å². The second-order valence-electron chi connectivity index (χ2n) is 6.91. The van der Waals surface area contributed by atoms with Gasteiger partial charge >= 0.3 is 0 Å². The van der Waals surface area contributed by atoms with E-state index >= 15 is 0 Å². The summed E-state index contributed by atoms with van der Waals surface area (Å²) in [5, 5.41) is 9.88. The maximum Gasteiger partial charge on any atom is 0.262 e. The topological polar surface area (TPSA) is 53.9 Å². The van der Waals surface area contributed by atoms with Gasteiger partial charge in [0.05, 0.1) is 23.6 Å². The fourth-order valence-electron chi connectivity index (χ4n) is 3.71. The van der Waals surface area contributed by atoms with Gasteiger partial charge in [-0.3, -0.25) is 9.80 Å². The molecule has 2 aliphatic rings. The zero-order chi connectivity index (χ0) is 18.9. The lowest BCUT2D eigenvalue weighted by Crippen LogP contribution is -2.25. The van der Waals surface area contributed by atoms with Crippen LogP contribution in [0.5, 0.6) is 5.75 Å². The first kappa shape index (κ1) is 16.6. The number of carbonyl (C=O) groups is 1. The summed E-state index contributed by atoms with van der Waals surface area (Å²) < 4.78 is 5.49. The molecule has 1 unspecified atom stereocenters. The molecule has 3 aromatic carbocycles. The Labute approximate surface area is 163 Å². The number of amides is 1. The summed E-state index contributed by atoms with van der Waals surface area (Å²) in [4.78, 5) is 11.7. The van der Waals surface area contributed by atoms with Crippen molar-refractivity contribution >= 4 is 23.0 Å². The van der Waals surface area contributed by atoms with E-state index in [2.05, 4.69) is 41.7 Å². The highest BCUT2D eigenvalue weighted by Gasteiger charge is 2.30. The summed E-state index contributed by atoms with van der Waals surface area (Å²) in [5.74, 6) is 0.696. The molecular formula is C23H19N3O2. The largest absolute Gasteiger partial charge is 0.482 e. The number of hydrogen-bond donors (Lipinski definition) is 1. The number of anilines is 2. The first-order chi connectivity index (χ1) is 13.8. The lowest BCUT2D eigenvalue weighted by molar-refractivity contribution is -0.118. The number of carbonyl (C=O) groups excluding carboxylic acids is 1. The maximum absolute atomic E-state index is 11.7. The fraction of sp³-hybridized carbons (Fsp3) is 0.130. The van der Waals surface area contributed by atoms with Crippen LogP contribution in [-0.4, -0.2) is 24.8 Å². The van der Waals surface area contributed by atoms with Gasteiger partial charge in [-0.15, -0.1) is 0 Å². The highest BCUT2D eigenvalue weighted by atomic mass is 16.5. The fourth-order valence-corrected chi connectivity index (χ4v) is 3.71. The molecule has 28 heavy (non-hydrogen) atoms. The van der Waals surface area contributed by atoms with Crippen LogP contribution in [0.1, 0.15) is 17.0 Å². The zero-order valence-corrected chi connectivity index (χ0v) is 15.2. The van der Waals surface area contributed by atoms with Gasteiger partial charge in [-0.05, 0) is 35.9 Å². The van der Waals surface area contributed by atoms with Crippen LogP contribution in [0, 0.1) is 0 Å². The molecule has 0 radical (unpaired) electrons. The van der Waals surface area contributed by atoms with Crippen LogP contribution in [0.3, 0.4) is 0 Å². The molecular weight excluding hydrogens is 350 g/mol. The number of hydrogen-bond acceptors (Lipinski definition) is 4. The Hall–Kier alpha value is -3.60. The quantitative estimate of drug-likeness (QED) is 0.758. The molecule has 5 rings (SSSR count). The van der Waals surface area contributed by atoms with E-state index in [1.807, 2.05) is 47.5 Å². The van der Waals surface area contributed by atoms with Crippen molar-refractivity contribution in [2.75, 3.05) is 23.5 Å². The monoisotopic (exact) mass is 369 g/mol. The first-order valence-electron chi connectivity index (χ1n) is 9.31. The molecule has 0 aromatic heterocycles. The number of nitrogens with zero attached hydrogens (tertiary/aromatic N) is 2. The number of rotatable bonds is 3. The predicted octanol–water partition coefficient (Wildman–Crippen LogP) is 4.03. The van der Waals surface area contributed by atoms with Crippen LogP contribution in [0.15, 0.2) is 84.0 Å². The number of para-hydroxylation sites is 1. The summed E-state index contributed by atoms with van der Waals surface area (Å²) >= 11 is 0. The van der Waals surface area contributed by atoms with E-state index in [1.54, 1.807) is 0 Å². The van der Waals surface area contributed by atoms with Gasteiger partial charge in [-0.25, -0.2) is 0 Å². The lowest BCUT2D eigenvalue weighted by Gasteiger charge is -2.19. The predicted molar refractivity (Wildman–Crippen MR) is 110 cm³/mol. The normalized spacial score (nSPS) is 18.1. The van der Waals surface area contributed by atoms with Gasteiger partial charge in [-0.2, -0.15) is 5.10 Å². The Morgan fingerprint density at radius 3 is 2.50 bits per heavy atom. The molecule has 0 aliphatic carbocycles. The summed E-state index contributed by atoms with van der Waals surface area (Å²) in [7, 11) is 0. The van der Waals surface area contributed by atoms with Crippen LogP contribution in [0.4, 0.5) is 11.4 Å². The third kappa shape index (κ3) is 3.01. The number of ether oxygens (including phenoxy) is 1. The molecule has 2 aliphatic heterocycles. The minimum absolute atomic E-state index is 0.0573. The van der Waals surface area contributed by atoms with Crippen molar-refractivity contribution in [3.8, 4) is 5.75 Å². The Morgan fingerprint density at radius 1 is 0.964 bits per heavy atom. The van der Waals surface area contributed by atoms with Gasteiger partial charge < -0.3 is 10.1 Å². The third-order valence-electron chi connectivity index (χ3n) is 5.08. The molecule has 2 heterocycles. The Kier molecular flexibility index (Phi) is 4.05. The lowest BCUT2D eigenvalue weighted by atomic mass is 9.90. The molecule has 5 nitrogen and oxygen atoms in total. The molecule has 138 valence electrons. The molecule has 0 fully saturated rings. The van der Waals surface area contributed by atoms with Crippen molar-refractivity contribution in [3.63, 3.8) is 0 Å². The standard InChI is InChI=1S/C23H19N3O2/c27-22-15-28-21-12-11-17(13-20(21)24-22)23-19(16-7-3-1-4-8-16)14-26(25-23)18-9-5-2-6-10-18/h1-13,19H,14-15H2,(H,24,27). The van der Waals surface area contributed by atoms with E-state index in [1.165, 1.54) is 5.56 Å². The van der Waals surface area contributed by atoms with E-state index in [0.29, 0.717) is 11.4 Å². The molecule has 1 atom stereocenters. The van der Waals surface area contributed by atoms with Crippen molar-refractivity contribution < 1.29 is 9.53 Å². The zero-order valence-electron chi connectivity index (χ0n) is 15.2. The molecule has 0 saturated heterocycles. The summed E-state index contributed by atoms with van der Waals surface area (Å²) in [6, 6.07) is 26.5. The summed E-state index contributed by atoms with van der Waals surface area (Å²) in [6.45, 7) is 0.824. The number of benzene rings is 3. The van der Waals surface area contributed by atoms with E-state index in [4.69, 9.17) is 9.84 Å². The molecule has 3 aromatic rings. The number of nitrogens with one attached hydrogen (secondary N) is 1. The Morgan fingerprint density at radius 2 is 1.71 bits per heavy atom. The van der Waals surface area contributed by atoms with E-state index in [0.717, 1.165) is 23.5 Å². The number of hydrazone groups is 1. The van der Waals surface area contributed by atoms with Crippen LogP contribution in [-0.2, 0) is 4.79 Å². The van der Waals surface area contributed by atoms with Gasteiger partial charge in [0.15, 0.2) is 6.61 Å². The third-order valence-corrected chi connectivity index (χ3v) is 5.08. The van der Waals surface area contributed by atoms with Crippen LogP contribution >= 0.6 is 0 Å². The van der Waals surface area contributed by atoms with Crippen LogP contribution in [0.25, 0.3) is 0 Å². The van der Waals surface area contributed by atoms with E-state index < -0.39 is 0 Å².